The van der Waals surface area contributed by atoms with E-state index in [1.54, 1.807) is 13.2 Å². The summed E-state index contributed by atoms with van der Waals surface area (Å²) in [5.41, 5.74) is 2.64. The Kier molecular flexibility index (Phi) is 7.44. The van der Waals surface area contributed by atoms with Crippen LogP contribution in [0.15, 0.2) is 47.3 Å². The van der Waals surface area contributed by atoms with Gasteiger partial charge in [-0.3, -0.25) is 9.69 Å². The van der Waals surface area contributed by atoms with Gasteiger partial charge in [0.05, 0.1) is 12.8 Å². The molecule has 5 rings (SSSR count). The summed E-state index contributed by atoms with van der Waals surface area (Å²) in [5, 5.41) is 0. The van der Waals surface area contributed by atoms with Gasteiger partial charge < -0.3 is 19.1 Å². The van der Waals surface area contributed by atoms with E-state index in [2.05, 4.69) is 32.9 Å². The Morgan fingerprint density at radius 3 is 2.50 bits per heavy atom. The molecule has 7 heteroatoms. The molecule has 3 aliphatic rings. The number of nitrogens with zero attached hydrogens (tertiary/aromatic N) is 4. The first-order chi connectivity index (χ1) is 15.2. The fourth-order valence-corrected chi connectivity index (χ4v) is 5.80. The molecule has 0 amide bonds. The highest BCUT2D eigenvalue weighted by atomic mass is 35.5. The number of hydrogen-bond donors (Lipinski definition) is 0. The van der Waals surface area contributed by atoms with Crippen LogP contribution in [0.1, 0.15) is 24.5 Å². The number of ether oxygens (including phenoxy) is 1. The van der Waals surface area contributed by atoms with E-state index in [-0.39, 0.29) is 18.0 Å². The molecular formula is C25H35ClN4O2. The number of hydrogen-bond acceptors (Lipinski definition) is 5. The first-order valence-corrected chi connectivity index (χ1v) is 11.7. The standard InChI is InChI=1S/C25H34N4O2.ClH/c1-31-24-8-3-2-6-23(24)28-14-12-26(13-15-28)10-5-11-27-17-20-16-21(19-27)22-7-4-9-25(30)29(22)18-20;/h2-4,6-9,20-21H,5,10-19H2,1H3;1H/t20-,21+;/m1./s1. The molecule has 2 aromatic rings. The van der Waals surface area contributed by atoms with Crippen LogP contribution in [-0.2, 0) is 6.54 Å². The number of anilines is 1. The van der Waals surface area contributed by atoms with Crippen LogP contribution in [-0.4, -0.2) is 73.8 Å². The third kappa shape index (κ3) is 4.82. The summed E-state index contributed by atoms with van der Waals surface area (Å²) in [6.07, 6.45) is 2.46. The molecule has 32 heavy (non-hydrogen) atoms. The molecule has 2 saturated heterocycles. The largest absolute Gasteiger partial charge is 0.495 e. The quantitative estimate of drug-likeness (QED) is 0.665. The van der Waals surface area contributed by atoms with Crippen LogP contribution in [0, 0.1) is 5.92 Å². The molecular weight excluding hydrogens is 424 g/mol. The number of rotatable bonds is 6. The maximum atomic E-state index is 12.2. The van der Waals surface area contributed by atoms with Crippen molar-refractivity contribution < 1.29 is 4.74 Å². The van der Waals surface area contributed by atoms with Gasteiger partial charge in [-0.15, -0.1) is 12.4 Å². The molecule has 0 saturated carbocycles. The molecule has 4 heterocycles. The third-order valence-corrected chi connectivity index (χ3v) is 7.30. The molecule has 0 N–H and O–H groups in total. The van der Waals surface area contributed by atoms with E-state index < -0.39 is 0 Å². The minimum Gasteiger partial charge on any atom is -0.495 e. The van der Waals surface area contributed by atoms with Crippen molar-refractivity contribution in [2.45, 2.75) is 25.3 Å². The summed E-state index contributed by atoms with van der Waals surface area (Å²) in [6, 6.07) is 14.1. The number of fused-ring (bicyclic) bond motifs is 4. The number of methoxy groups -OCH3 is 1. The van der Waals surface area contributed by atoms with Gasteiger partial charge in [-0.25, -0.2) is 0 Å². The van der Waals surface area contributed by atoms with Gasteiger partial charge in [-0.1, -0.05) is 18.2 Å². The van der Waals surface area contributed by atoms with Gasteiger partial charge in [0.2, 0.25) is 0 Å². The number of pyridine rings is 1. The normalized spacial score (nSPS) is 23.3. The lowest BCUT2D eigenvalue weighted by Crippen LogP contribution is -2.49. The topological polar surface area (TPSA) is 41.0 Å². The molecule has 0 aliphatic carbocycles. The van der Waals surface area contributed by atoms with E-state index in [0.717, 1.165) is 58.1 Å². The number of piperazine rings is 1. The van der Waals surface area contributed by atoms with Gasteiger partial charge in [0.1, 0.15) is 5.75 Å². The minimum atomic E-state index is 0. The second-order valence-corrected chi connectivity index (χ2v) is 9.31. The summed E-state index contributed by atoms with van der Waals surface area (Å²) in [6.45, 7) is 9.80. The summed E-state index contributed by atoms with van der Waals surface area (Å²) >= 11 is 0. The van der Waals surface area contributed by atoms with Crippen molar-refractivity contribution >= 4 is 18.1 Å². The van der Waals surface area contributed by atoms with Crippen molar-refractivity contribution in [1.82, 2.24) is 14.4 Å². The fraction of sp³-hybridized carbons (Fsp3) is 0.560. The number of halogens is 1. The first-order valence-electron chi connectivity index (χ1n) is 11.7. The number of piperidine rings is 1. The molecule has 6 nitrogen and oxygen atoms in total. The number of likely N-dealkylation sites (tertiary alicyclic amines) is 1. The van der Waals surface area contributed by atoms with E-state index in [4.69, 9.17) is 4.74 Å². The van der Waals surface area contributed by atoms with Gasteiger partial charge in [-0.2, -0.15) is 0 Å². The molecule has 2 fully saturated rings. The predicted octanol–water partition coefficient (Wildman–Crippen LogP) is 2.91. The summed E-state index contributed by atoms with van der Waals surface area (Å²) in [5.74, 6) is 2.11. The molecule has 0 unspecified atom stereocenters. The fourth-order valence-electron chi connectivity index (χ4n) is 5.80. The first kappa shape index (κ1) is 23.1. The van der Waals surface area contributed by atoms with E-state index in [1.807, 2.05) is 22.8 Å². The summed E-state index contributed by atoms with van der Waals surface area (Å²) in [7, 11) is 1.75. The Balaban J connectivity index is 0.00000245. The molecule has 2 bridgehead atoms. The van der Waals surface area contributed by atoms with Gasteiger partial charge in [0, 0.05) is 63.5 Å². The zero-order chi connectivity index (χ0) is 21.2. The lowest BCUT2D eigenvalue weighted by atomic mass is 9.83. The van der Waals surface area contributed by atoms with Gasteiger partial charge >= 0.3 is 0 Å². The van der Waals surface area contributed by atoms with E-state index >= 15 is 0 Å². The lowest BCUT2D eigenvalue weighted by molar-refractivity contribution is 0.114. The molecule has 0 spiro atoms. The van der Waals surface area contributed by atoms with Crippen LogP contribution in [0.3, 0.4) is 0 Å². The van der Waals surface area contributed by atoms with Gasteiger partial charge in [0.25, 0.3) is 5.56 Å². The molecule has 1 aromatic heterocycles. The zero-order valence-corrected chi connectivity index (χ0v) is 19.8. The van der Waals surface area contributed by atoms with Crippen molar-refractivity contribution in [2.75, 3.05) is 64.4 Å². The van der Waals surface area contributed by atoms with Crippen molar-refractivity contribution in [3.63, 3.8) is 0 Å². The zero-order valence-electron chi connectivity index (χ0n) is 19.0. The number of para-hydroxylation sites is 2. The smallest absolute Gasteiger partial charge is 0.250 e. The van der Waals surface area contributed by atoms with Crippen LogP contribution in [0.2, 0.25) is 0 Å². The van der Waals surface area contributed by atoms with Crippen molar-refractivity contribution in [2.24, 2.45) is 5.92 Å². The van der Waals surface area contributed by atoms with Crippen LogP contribution < -0.4 is 15.2 Å². The van der Waals surface area contributed by atoms with E-state index in [9.17, 15) is 4.79 Å². The summed E-state index contributed by atoms with van der Waals surface area (Å²) < 4.78 is 7.56. The van der Waals surface area contributed by atoms with Crippen LogP contribution in [0.4, 0.5) is 5.69 Å². The number of benzene rings is 1. The number of aromatic nitrogens is 1. The van der Waals surface area contributed by atoms with Crippen molar-refractivity contribution in [3.8, 4) is 5.75 Å². The Bertz CT molecular complexity index is 957. The highest BCUT2D eigenvalue weighted by Crippen LogP contribution is 2.35. The van der Waals surface area contributed by atoms with Crippen molar-refractivity contribution in [1.29, 1.82) is 0 Å². The van der Waals surface area contributed by atoms with Crippen molar-refractivity contribution in [3.05, 3.63) is 58.5 Å². The second kappa shape index (κ2) is 10.3. The minimum absolute atomic E-state index is 0. The van der Waals surface area contributed by atoms with Crippen LogP contribution in [0.5, 0.6) is 5.75 Å². The van der Waals surface area contributed by atoms with E-state index in [1.165, 1.54) is 30.8 Å². The summed E-state index contributed by atoms with van der Waals surface area (Å²) in [4.78, 5) is 19.9. The Morgan fingerprint density at radius 1 is 0.906 bits per heavy atom. The average Bonchev–Trinajstić information content (AvgIpc) is 2.80. The predicted molar refractivity (Wildman–Crippen MR) is 132 cm³/mol. The Morgan fingerprint density at radius 2 is 1.69 bits per heavy atom. The highest BCUT2D eigenvalue weighted by Gasteiger charge is 2.34. The van der Waals surface area contributed by atoms with Gasteiger partial charge in [0.15, 0.2) is 0 Å². The monoisotopic (exact) mass is 458 g/mol. The maximum absolute atomic E-state index is 12.2. The molecule has 2 atom stereocenters. The lowest BCUT2D eigenvalue weighted by Gasteiger charge is -2.43. The third-order valence-electron chi connectivity index (χ3n) is 7.30. The Hall–Kier alpha value is -2.02. The highest BCUT2D eigenvalue weighted by molar-refractivity contribution is 5.85. The second-order valence-electron chi connectivity index (χ2n) is 9.31. The van der Waals surface area contributed by atoms with Crippen LogP contribution >= 0.6 is 12.4 Å². The van der Waals surface area contributed by atoms with Crippen LogP contribution in [0.25, 0.3) is 0 Å². The molecule has 3 aliphatic heterocycles. The molecule has 0 radical (unpaired) electrons. The maximum Gasteiger partial charge on any atom is 0.250 e. The van der Waals surface area contributed by atoms with E-state index in [0.29, 0.717) is 11.8 Å². The molecule has 174 valence electrons. The van der Waals surface area contributed by atoms with Gasteiger partial charge in [-0.05, 0) is 50.0 Å². The average molecular weight is 459 g/mol. The molecule has 1 aromatic carbocycles. The Labute approximate surface area is 197 Å². The SMILES string of the molecule is COc1ccccc1N1CCN(CCCN2C[C@H]3C[C@@H](C2)c2cccc(=O)n2C3)CC1.Cl.